The van der Waals surface area contributed by atoms with E-state index in [9.17, 15) is 10.1 Å². The minimum atomic E-state index is -0.421. The standard InChI is InChI=1S/C7H14N2O2/c1-4-6(8-10)7(5-2)9(3)11/h6-7H,3-5H2,1-2H3. The molecule has 0 bridgehead atoms. The summed E-state index contributed by atoms with van der Waals surface area (Å²) in [6.45, 7) is 6.88. The zero-order valence-electron chi connectivity index (χ0n) is 6.99. The third-order valence-corrected chi connectivity index (χ3v) is 1.79. The number of nitroso groups, excluding NO2 is 1. The zero-order chi connectivity index (χ0) is 8.85. The maximum atomic E-state index is 10.7. The first-order chi connectivity index (χ1) is 5.17. The lowest BCUT2D eigenvalue weighted by molar-refractivity contribution is -0.496. The van der Waals surface area contributed by atoms with Crippen LogP contribution < -0.4 is 0 Å². The molecule has 0 aliphatic heterocycles. The number of hydrogen-bond acceptors (Lipinski definition) is 3. The maximum Gasteiger partial charge on any atom is 0.187 e. The van der Waals surface area contributed by atoms with E-state index < -0.39 is 6.04 Å². The highest BCUT2D eigenvalue weighted by Crippen LogP contribution is 2.09. The Hall–Kier alpha value is -0.930. The van der Waals surface area contributed by atoms with Gasteiger partial charge in [0.25, 0.3) is 0 Å². The van der Waals surface area contributed by atoms with Crippen molar-refractivity contribution in [3.63, 3.8) is 0 Å². The molecule has 0 amide bonds. The number of nitrogens with zero attached hydrogens (tertiary/aromatic N) is 2. The van der Waals surface area contributed by atoms with Gasteiger partial charge in [0.1, 0.15) is 6.72 Å². The van der Waals surface area contributed by atoms with E-state index in [0.717, 1.165) is 0 Å². The van der Waals surface area contributed by atoms with Gasteiger partial charge in [-0.05, 0) is 6.42 Å². The van der Waals surface area contributed by atoms with Gasteiger partial charge in [-0.3, -0.25) is 0 Å². The summed E-state index contributed by atoms with van der Waals surface area (Å²) in [5.74, 6) is 0. The molecule has 0 aromatic carbocycles. The van der Waals surface area contributed by atoms with Gasteiger partial charge in [-0.2, -0.15) is 4.91 Å². The predicted octanol–water partition coefficient (Wildman–Crippen LogP) is 1.52. The first-order valence-corrected chi connectivity index (χ1v) is 3.76. The number of rotatable bonds is 5. The Bertz CT molecular complexity index is 147. The van der Waals surface area contributed by atoms with Gasteiger partial charge in [0.2, 0.25) is 0 Å². The highest BCUT2D eigenvalue weighted by atomic mass is 16.5. The highest BCUT2D eigenvalue weighted by Gasteiger charge is 2.24. The molecule has 0 aromatic rings. The normalized spacial score (nSPS) is 15.5. The summed E-state index contributed by atoms with van der Waals surface area (Å²) >= 11 is 0. The molecule has 0 aliphatic rings. The lowest BCUT2D eigenvalue weighted by Gasteiger charge is -2.16. The van der Waals surface area contributed by atoms with Crippen LogP contribution in [0, 0.1) is 10.1 Å². The summed E-state index contributed by atoms with van der Waals surface area (Å²) < 4.78 is 0.565. The average Bonchev–Trinajstić information content (AvgIpc) is 1.99. The molecule has 0 radical (unpaired) electrons. The molecule has 4 nitrogen and oxygen atoms in total. The SMILES string of the molecule is C=[N+]([O-])C(CC)C(CC)N=O. The molecular formula is C7H14N2O2. The number of hydroxylamine groups is 1. The van der Waals surface area contributed by atoms with Crippen LogP contribution in [0.2, 0.25) is 0 Å². The van der Waals surface area contributed by atoms with Gasteiger partial charge >= 0.3 is 0 Å². The minimum Gasteiger partial charge on any atom is -0.624 e. The minimum absolute atomic E-state index is 0.363. The molecule has 0 heterocycles. The molecule has 0 spiro atoms. The Morgan fingerprint density at radius 2 is 2.09 bits per heavy atom. The number of hydrogen-bond donors (Lipinski definition) is 0. The quantitative estimate of drug-likeness (QED) is 0.200. The second-order valence-corrected chi connectivity index (χ2v) is 2.47. The molecule has 11 heavy (non-hydrogen) atoms. The van der Waals surface area contributed by atoms with Crippen molar-refractivity contribution in [3.05, 3.63) is 10.1 Å². The Morgan fingerprint density at radius 3 is 2.18 bits per heavy atom. The van der Waals surface area contributed by atoms with Crippen LogP contribution in [0.25, 0.3) is 0 Å². The smallest absolute Gasteiger partial charge is 0.187 e. The molecule has 0 saturated heterocycles. The van der Waals surface area contributed by atoms with Crippen molar-refractivity contribution in [1.29, 1.82) is 0 Å². The fourth-order valence-electron chi connectivity index (χ4n) is 1.08. The van der Waals surface area contributed by atoms with Crippen LogP contribution in [0.15, 0.2) is 5.18 Å². The van der Waals surface area contributed by atoms with Crippen LogP contribution in [0.1, 0.15) is 26.7 Å². The first-order valence-electron chi connectivity index (χ1n) is 3.76. The second kappa shape index (κ2) is 4.82. The van der Waals surface area contributed by atoms with E-state index >= 15 is 0 Å². The summed E-state index contributed by atoms with van der Waals surface area (Å²) in [7, 11) is 0. The molecular weight excluding hydrogens is 144 g/mol. The van der Waals surface area contributed by atoms with Crippen LogP contribution in [0.3, 0.4) is 0 Å². The van der Waals surface area contributed by atoms with Crippen LogP contribution >= 0.6 is 0 Å². The summed E-state index contributed by atoms with van der Waals surface area (Å²) in [5.41, 5.74) is 0. The van der Waals surface area contributed by atoms with Gasteiger partial charge in [0.05, 0.1) is 0 Å². The van der Waals surface area contributed by atoms with E-state index in [0.29, 0.717) is 17.6 Å². The van der Waals surface area contributed by atoms with Gasteiger partial charge in [-0.25, -0.2) is 4.74 Å². The van der Waals surface area contributed by atoms with Gasteiger partial charge in [0, 0.05) is 6.42 Å². The summed E-state index contributed by atoms with van der Waals surface area (Å²) in [6.07, 6.45) is 1.20. The second-order valence-electron chi connectivity index (χ2n) is 2.47. The van der Waals surface area contributed by atoms with Crippen molar-refractivity contribution in [2.24, 2.45) is 5.18 Å². The van der Waals surface area contributed by atoms with Gasteiger partial charge < -0.3 is 5.21 Å². The van der Waals surface area contributed by atoms with Crippen LogP contribution in [-0.4, -0.2) is 23.5 Å². The predicted molar refractivity (Wildman–Crippen MR) is 44.7 cm³/mol. The lowest BCUT2D eigenvalue weighted by Crippen LogP contribution is -2.31. The Morgan fingerprint density at radius 1 is 1.55 bits per heavy atom. The monoisotopic (exact) mass is 158 g/mol. The average molecular weight is 158 g/mol. The Kier molecular flexibility index (Phi) is 4.41. The molecule has 2 atom stereocenters. The molecule has 0 rings (SSSR count). The third-order valence-electron chi connectivity index (χ3n) is 1.79. The van der Waals surface area contributed by atoms with Crippen LogP contribution in [0.4, 0.5) is 0 Å². The molecule has 0 saturated carbocycles. The molecule has 0 fully saturated rings. The van der Waals surface area contributed by atoms with Crippen LogP contribution in [0.5, 0.6) is 0 Å². The van der Waals surface area contributed by atoms with Gasteiger partial charge in [-0.1, -0.05) is 19.0 Å². The maximum absolute atomic E-state index is 10.7. The molecule has 0 N–H and O–H groups in total. The van der Waals surface area contributed by atoms with Crippen LogP contribution in [-0.2, 0) is 0 Å². The van der Waals surface area contributed by atoms with Crippen molar-refractivity contribution in [1.82, 2.24) is 0 Å². The van der Waals surface area contributed by atoms with E-state index in [4.69, 9.17) is 0 Å². The van der Waals surface area contributed by atoms with Gasteiger partial charge in [-0.15, -0.1) is 0 Å². The van der Waals surface area contributed by atoms with E-state index in [2.05, 4.69) is 11.9 Å². The molecule has 2 unspecified atom stereocenters. The summed E-state index contributed by atoms with van der Waals surface area (Å²) in [5, 5.41) is 13.6. The highest BCUT2D eigenvalue weighted by molar-refractivity contribution is 5.15. The fraction of sp³-hybridized carbons (Fsp3) is 0.857. The third kappa shape index (κ3) is 2.65. The van der Waals surface area contributed by atoms with Crippen molar-refractivity contribution < 1.29 is 4.74 Å². The molecule has 0 aromatic heterocycles. The van der Waals surface area contributed by atoms with E-state index in [1.54, 1.807) is 0 Å². The molecule has 64 valence electrons. The van der Waals surface area contributed by atoms with Crippen molar-refractivity contribution in [3.8, 4) is 0 Å². The fourth-order valence-corrected chi connectivity index (χ4v) is 1.08. The lowest BCUT2D eigenvalue weighted by atomic mass is 10.1. The topological polar surface area (TPSA) is 55.5 Å². The van der Waals surface area contributed by atoms with Gasteiger partial charge in [0.15, 0.2) is 12.1 Å². The van der Waals surface area contributed by atoms with Crippen molar-refractivity contribution in [2.45, 2.75) is 38.8 Å². The zero-order valence-corrected chi connectivity index (χ0v) is 6.99. The molecule has 0 aliphatic carbocycles. The van der Waals surface area contributed by atoms with E-state index in [1.165, 1.54) is 0 Å². The summed E-state index contributed by atoms with van der Waals surface area (Å²) in [6, 6.07) is -0.785. The first kappa shape index (κ1) is 10.1. The Balaban J connectivity index is 4.20. The van der Waals surface area contributed by atoms with E-state index in [-0.39, 0.29) is 6.04 Å². The van der Waals surface area contributed by atoms with Crippen molar-refractivity contribution in [2.75, 3.05) is 0 Å². The molecule has 4 heteroatoms. The van der Waals surface area contributed by atoms with E-state index in [1.807, 2.05) is 13.8 Å². The Labute approximate surface area is 66.5 Å². The largest absolute Gasteiger partial charge is 0.624 e. The summed E-state index contributed by atoms with van der Waals surface area (Å²) in [4.78, 5) is 10.2. The van der Waals surface area contributed by atoms with Crippen molar-refractivity contribution >= 4 is 6.72 Å².